The van der Waals surface area contributed by atoms with E-state index in [0.29, 0.717) is 0 Å². The summed E-state index contributed by atoms with van der Waals surface area (Å²) in [6.45, 7) is 1.41. The van der Waals surface area contributed by atoms with Gasteiger partial charge in [-0.25, -0.2) is 8.78 Å². The van der Waals surface area contributed by atoms with E-state index in [2.05, 4.69) is 5.32 Å². The molecule has 0 aliphatic heterocycles. The zero-order valence-electron chi connectivity index (χ0n) is 7.40. The van der Waals surface area contributed by atoms with Crippen LogP contribution in [0.1, 0.15) is 5.56 Å². The first-order valence-corrected chi connectivity index (χ1v) is 4.39. The van der Waals surface area contributed by atoms with Crippen LogP contribution in [0.5, 0.6) is 0 Å². The quantitative estimate of drug-likeness (QED) is 0.761. The summed E-state index contributed by atoms with van der Waals surface area (Å²) in [6, 6.07) is 1.96. The Kier molecular flexibility index (Phi) is 3.41. The zero-order chi connectivity index (χ0) is 10.7. The number of halogens is 3. The molecule has 1 N–H and O–H groups in total. The van der Waals surface area contributed by atoms with Crippen LogP contribution in [-0.2, 0) is 4.79 Å². The van der Waals surface area contributed by atoms with Gasteiger partial charge in [-0.3, -0.25) is 4.79 Å². The number of amides is 1. The first kappa shape index (κ1) is 10.9. The Labute approximate surface area is 84.9 Å². The third kappa shape index (κ3) is 2.42. The lowest BCUT2D eigenvalue weighted by molar-refractivity contribution is -0.113. The summed E-state index contributed by atoms with van der Waals surface area (Å²) < 4.78 is 26.1. The monoisotopic (exact) mass is 219 g/mol. The normalized spacial score (nSPS) is 10.0. The van der Waals surface area contributed by atoms with Crippen molar-refractivity contribution in [3.63, 3.8) is 0 Å². The van der Waals surface area contributed by atoms with Crippen molar-refractivity contribution in [3.05, 3.63) is 29.3 Å². The van der Waals surface area contributed by atoms with E-state index < -0.39 is 17.5 Å². The van der Waals surface area contributed by atoms with Crippen LogP contribution < -0.4 is 5.32 Å². The maximum Gasteiger partial charge on any atom is 0.239 e. The highest BCUT2D eigenvalue weighted by molar-refractivity contribution is 6.29. The fraction of sp³-hybridized carbons (Fsp3) is 0.222. The van der Waals surface area contributed by atoms with Gasteiger partial charge in [0.25, 0.3) is 0 Å². The number of benzene rings is 1. The number of hydrogen-bond donors (Lipinski definition) is 1. The highest BCUT2D eigenvalue weighted by Gasteiger charge is 2.10. The molecule has 0 aromatic heterocycles. The number of aryl methyl sites for hydroxylation is 1. The minimum absolute atomic E-state index is 0.134. The molecule has 0 aliphatic carbocycles. The molecule has 0 unspecified atom stereocenters. The van der Waals surface area contributed by atoms with Crippen molar-refractivity contribution >= 4 is 23.2 Å². The molecule has 1 aromatic rings. The van der Waals surface area contributed by atoms with Gasteiger partial charge in [-0.05, 0) is 18.6 Å². The second-order valence-corrected chi connectivity index (χ2v) is 3.03. The predicted octanol–water partition coefficient (Wildman–Crippen LogP) is 2.45. The molecule has 0 bridgehead atoms. The van der Waals surface area contributed by atoms with E-state index in [1.54, 1.807) is 0 Å². The van der Waals surface area contributed by atoms with Gasteiger partial charge in [-0.2, -0.15) is 0 Å². The largest absolute Gasteiger partial charge is 0.322 e. The number of alkyl halides is 1. The number of carbonyl (C=O) groups is 1. The minimum Gasteiger partial charge on any atom is -0.322 e. The third-order valence-corrected chi connectivity index (χ3v) is 1.86. The van der Waals surface area contributed by atoms with Crippen molar-refractivity contribution in [1.29, 1.82) is 0 Å². The summed E-state index contributed by atoms with van der Waals surface area (Å²) in [7, 11) is 0. The summed E-state index contributed by atoms with van der Waals surface area (Å²) in [5.74, 6) is -2.12. The van der Waals surface area contributed by atoms with Crippen molar-refractivity contribution in [3.8, 4) is 0 Å². The average molecular weight is 220 g/mol. The molecule has 0 spiro atoms. The van der Waals surface area contributed by atoms with Crippen LogP contribution in [0.3, 0.4) is 0 Å². The Morgan fingerprint density at radius 2 is 2.14 bits per heavy atom. The fourth-order valence-electron chi connectivity index (χ4n) is 1.00. The molecule has 2 nitrogen and oxygen atoms in total. The molecule has 0 saturated carbocycles. The van der Waals surface area contributed by atoms with Gasteiger partial charge < -0.3 is 5.32 Å². The van der Waals surface area contributed by atoms with Crippen LogP contribution in [-0.4, -0.2) is 11.8 Å². The van der Waals surface area contributed by atoms with Crippen LogP contribution >= 0.6 is 11.6 Å². The molecule has 14 heavy (non-hydrogen) atoms. The maximum absolute atomic E-state index is 13.3. The number of anilines is 1. The number of carbonyl (C=O) groups excluding carboxylic acids is 1. The van der Waals surface area contributed by atoms with E-state index in [4.69, 9.17) is 11.6 Å². The molecular formula is C9H8ClF2NO. The van der Waals surface area contributed by atoms with Gasteiger partial charge in [-0.1, -0.05) is 0 Å². The summed E-state index contributed by atoms with van der Waals surface area (Å²) in [5.41, 5.74) is -0.0528. The van der Waals surface area contributed by atoms with Crippen LogP contribution in [0, 0.1) is 18.6 Å². The van der Waals surface area contributed by atoms with Gasteiger partial charge in [0.15, 0.2) is 0 Å². The highest BCUT2D eigenvalue weighted by atomic mass is 35.5. The highest BCUT2D eigenvalue weighted by Crippen LogP contribution is 2.19. The van der Waals surface area contributed by atoms with Gasteiger partial charge >= 0.3 is 0 Å². The summed E-state index contributed by atoms with van der Waals surface area (Å²) in [5, 5.41) is 2.16. The van der Waals surface area contributed by atoms with Crippen LogP contribution in [0.2, 0.25) is 0 Å². The van der Waals surface area contributed by atoms with Crippen molar-refractivity contribution < 1.29 is 13.6 Å². The van der Waals surface area contributed by atoms with E-state index in [9.17, 15) is 13.6 Å². The second-order valence-electron chi connectivity index (χ2n) is 2.77. The Balaban J connectivity index is 3.02. The molecule has 1 rings (SSSR count). The van der Waals surface area contributed by atoms with E-state index in [1.807, 2.05) is 0 Å². The lowest BCUT2D eigenvalue weighted by Crippen LogP contribution is -2.14. The topological polar surface area (TPSA) is 29.1 Å². The summed E-state index contributed by atoms with van der Waals surface area (Å²) >= 11 is 5.21. The predicted molar refractivity (Wildman–Crippen MR) is 50.4 cm³/mol. The molecule has 0 radical (unpaired) electrons. The van der Waals surface area contributed by atoms with Gasteiger partial charge in [0.1, 0.15) is 17.5 Å². The van der Waals surface area contributed by atoms with Crippen molar-refractivity contribution in [1.82, 2.24) is 0 Å². The summed E-state index contributed by atoms with van der Waals surface area (Å²) in [4.78, 5) is 10.8. The Morgan fingerprint density at radius 3 is 2.71 bits per heavy atom. The Morgan fingerprint density at radius 1 is 1.50 bits per heavy atom. The van der Waals surface area contributed by atoms with Gasteiger partial charge in [0.2, 0.25) is 5.91 Å². The maximum atomic E-state index is 13.3. The first-order valence-electron chi connectivity index (χ1n) is 3.86. The van der Waals surface area contributed by atoms with Crippen LogP contribution in [0.25, 0.3) is 0 Å². The van der Waals surface area contributed by atoms with E-state index in [0.717, 1.165) is 12.1 Å². The van der Waals surface area contributed by atoms with Gasteiger partial charge in [0.05, 0.1) is 5.69 Å². The first-order chi connectivity index (χ1) is 6.54. The van der Waals surface area contributed by atoms with E-state index in [-0.39, 0.29) is 17.1 Å². The third-order valence-electron chi connectivity index (χ3n) is 1.61. The number of rotatable bonds is 2. The van der Waals surface area contributed by atoms with E-state index >= 15 is 0 Å². The Bertz CT molecular complexity index is 368. The Hall–Kier alpha value is -1.16. The van der Waals surface area contributed by atoms with Gasteiger partial charge in [0, 0.05) is 6.07 Å². The summed E-state index contributed by atoms with van der Waals surface area (Å²) in [6.07, 6.45) is 0. The molecule has 0 aliphatic rings. The van der Waals surface area contributed by atoms with Crippen LogP contribution in [0.4, 0.5) is 14.5 Å². The average Bonchev–Trinajstić information content (AvgIpc) is 2.13. The molecule has 1 aromatic carbocycles. The molecule has 0 saturated heterocycles. The molecule has 0 heterocycles. The standard InChI is InChI=1S/C9H8ClF2NO/c1-5-2-6(11)3-7(9(5)12)13-8(14)4-10/h2-3H,4H2,1H3,(H,13,14). The van der Waals surface area contributed by atoms with Crippen LogP contribution in [0.15, 0.2) is 12.1 Å². The number of nitrogens with one attached hydrogen (secondary N) is 1. The zero-order valence-corrected chi connectivity index (χ0v) is 8.16. The lowest BCUT2D eigenvalue weighted by Gasteiger charge is -2.06. The smallest absolute Gasteiger partial charge is 0.239 e. The molecule has 0 atom stereocenters. The number of hydrogen-bond acceptors (Lipinski definition) is 1. The van der Waals surface area contributed by atoms with Gasteiger partial charge in [-0.15, -0.1) is 11.6 Å². The molecule has 5 heteroatoms. The second kappa shape index (κ2) is 4.37. The SMILES string of the molecule is Cc1cc(F)cc(NC(=O)CCl)c1F. The van der Waals surface area contributed by atoms with Crippen molar-refractivity contribution in [2.24, 2.45) is 0 Å². The molecule has 76 valence electrons. The lowest BCUT2D eigenvalue weighted by atomic mass is 10.2. The van der Waals surface area contributed by atoms with Crippen molar-refractivity contribution in [2.45, 2.75) is 6.92 Å². The van der Waals surface area contributed by atoms with E-state index in [1.165, 1.54) is 6.92 Å². The minimum atomic E-state index is -0.648. The molecule has 0 fully saturated rings. The molecule has 1 amide bonds. The fourth-order valence-corrected chi connectivity index (χ4v) is 1.07. The molecular weight excluding hydrogens is 212 g/mol. The van der Waals surface area contributed by atoms with Crippen molar-refractivity contribution in [2.75, 3.05) is 11.2 Å².